The molecule has 0 radical (unpaired) electrons. The number of carbonyl (C=O) groups excluding carboxylic acids is 1. The fraction of sp³-hybridized carbons (Fsp3) is 0.318. The summed E-state index contributed by atoms with van der Waals surface area (Å²) in [4.78, 5) is 17.6. The van der Waals surface area contributed by atoms with Gasteiger partial charge in [-0.2, -0.15) is 0 Å². The summed E-state index contributed by atoms with van der Waals surface area (Å²) >= 11 is 0. The number of nitrogens with one attached hydrogen (secondary N) is 1. The second-order valence-corrected chi connectivity index (χ2v) is 7.80. The van der Waals surface area contributed by atoms with Crippen molar-refractivity contribution < 1.29 is 9.90 Å². The van der Waals surface area contributed by atoms with Crippen molar-refractivity contribution in [1.29, 1.82) is 0 Å². The lowest BCUT2D eigenvalue weighted by Gasteiger charge is -2.46. The maximum atomic E-state index is 12.2. The number of fused-ring (bicyclic) bond motifs is 2. The smallest absolute Gasteiger partial charge is 0.246 e. The number of likely N-dealkylation sites (tertiary alicyclic amines) is 1. The van der Waals surface area contributed by atoms with Gasteiger partial charge in [-0.15, -0.1) is 10.2 Å². The van der Waals surface area contributed by atoms with Gasteiger partial charge in [-0.25, -0.2) is 0 Å². The number of aromatic hydroxyl groups is 1. The monoisotopic (exact) mass is 374 g/mol. The van der Waals surface area contributed by atoms with Crippen LogP contribution in [0.25, 0.3) is 22.3 Å². The molecule has 6 nitrogen and oxygen atoms in total. The number of H-pyrrole nitrogens is 1. The standard InChI is InChI=1S/C22H22N4O2/c1-3-19(28)26-11-13-8-9-15(21(13)26)20-12(2)16-10-17(24-25-22(16)23-20)14-6-4-5-7-18(14)27/h3-7,10,13,15,21,27H,1,8-9,11H2,2H3,(H,23,25)/t13-,15+,21+/m1/s1. The van der Waals surface area contributed by atoms with Crippen molar-refractivity contribution in [2.75, 3.05) is 6.54 Å². The molecule has 2 N–H and O–H groups in total. The largest absolute Gasteiger partial charge is 0.507 e. The molecule has 1 saturated heterocycles. The summed E-state index contributed by atoms with van der Waals surface area (Å²) in [5.41, 5.74) is 4.35. The highest BCUT2D eigenvalue weighted by molar-refractivity contribution is 5.88. The van der Waals surface area contributed by atoms with Crippen molar-refractivity contribution >= 4 is 16.9 Å². The predicted molar refractivity (Wildman–Crippen MR) is 107 cm³/mol. The van der Waals surface area contributed by atoms with Crippen LogP contribution in [0.15, 0.2) is 43.0 Å². The van der Waals surface area contributed by atoms with Gasteiger partial charge in [0.1, 0.15) is 5.75 Å². The fourth-order valence-electron chi connectivity index (χ4n) is 4.97. The average molecular weight is 374 g/mol. The van der Waals surface area contributed by atoms with Gasteiger partial charge in [0.15, 0.2) is 5.65 Å². The Labute approximate surface area is 162 Å². The van der Waals surface area contributed by atoms with E-state index in [4.69, 9.17) is 0 Å². The second kappa shape index (κ2) is 6.19. The Hall–Kier alpha value is -3.15. The van der Waals surface area contributed by atoms with Gasteiger partial charge >= 0.3 is 0 Å². The number of hydrogen-bond acceptors (Lipinski definition) is 4. The van der Waals surface area contributed by atoms with Crippen molar-refractivity contribution in [2.24, 2.45) is 5.92 Å². The molecule has 1 aliphatic heterocycles. The third-order valence-electron chi connectivity index (χ3n) is 6.40. The van der Waals surface area contributed by atoms with E-state index in [2.05, 4.69) is 28.7 Å². The molecule has 28 heavy (non-hydrogen) atoms. The Bertz CT molecular complexity index is 1100. The molecule has 2 aliphatic rings. The van der Waals surface area contributed by atoms with E-state index < -0.39 is 0 Å². The van der Waals surface area contributed by atoms with Crippen LogP contribution in [0.2, 0.25) is 0 Å². The third-order valence-corrected chi connectivity index (χ3v) is 6.40. The molecule has 6 heteroatoms. The van der Waals surface area contributed by atoms with Crippen LogP contribution in [0.3, 0.4) is 0 Å². The van der Waals surface area contributed by atoms with Gasteiger partial charge < -0.3 is 15.0 Å². The lowest BCUT2D eigenvalue weighted by Crippen LogP contribution is -2.57. The van der Waals surface area contributed by atoms with Crippen molar-refractivity contribution in [3.05, 3.63) is 54.2 Å². The average Bonchev–Trinajstić information content (AvgIpc) is 3.18. The minimum absolute atomic E-state index is 0.0172. The number of amides is 1. The maximum Gasteiger partial charge on any atom is 0.246 e. The lowest BCUT2D eigenvalue weighted by molar-refractivity contribution is -0.137. The molecule has 1 aliphatic carbocycles. The molecule has 1 amide bonds. The molecule has 0 unspecified atom stereocenters. The molecular formula is C22H22N4O2. The van der Waals surface area contributed by atoms with E-state index in [0.717, 1.165) is 41.7 Å². The van der Waals surface area contributed by atoms with Crippen LogP contribution >= 0.6 is 0 Å². The molecule has 2 fully saturated rings. The molecule has 142 valence electrons. The first-order valence-electron chi connectivity index (χ1n) is 9.65. The van der Waals surface area contributed by atoms with Gasteiger partial charge in [0, 0.05) is 35.1 Å². The van der Waals surface area contributed by atoms with Gasteiger partial charge in [0.05, 0.1) is 5.69 Å². The molecule has 1 aromatic carbocycles. The van der Waals surface area contributed by atoms with E-state index in [-0.39, 0.29) is 23.6 Å². The van der Waals surface area contributed by atoms with Gasteiger partial charge in [-0.05, 0) is 55.5 Å². The number of carbonyl (C=O) groups is 1. The minimum Gasteiger partial charge on any atom is -0.507 e. The lowest BCUT2D eigenvalue weighted by atomic mass is 9.84. The summed E-state index contributed by atoms with van der Waals surface area (Å²) in [7, 11) is 0. The zero-order chi connectivity index (χ0) is 19.4. The highest BCUT2D eigenvalue weighted by Gasteiger charge is 2.50. The molecule has 3 aromatic rings. The highest BCUT2D eigenvalue weighted by Crippen LogP contribution is 2.49. The van der Waals surface area contributed by atoms with E-state index in [1.54, 1.807) is 12.1 Å². The number of rotatable bonds is 3. The number of benzene rings is 1. The first-order valence-corrected chi connectivity index (χ1v) is 9.65. The first-order chi connectivity index (χ1) is 13.6. The SMILES string of the molecule is C=CC(=O)N1C[C@H]2CC[C@@H](c3[nH]c4nnc(-c5ccccc5O)cc4c3C)[C@H]21. The van der Waals surface area contributed by atoms with Crippen LogP contribution in [0, 0.1) is 12.8 Å². The predicted octanol–water partition coefficient (Wildman–Crippen LogP) is 3.53. The Morgan fingerprint density at radius 1 is 1.32 bits per heavy atom. The van der Waals surface area contributed by atoms with Crippen molar-refractivity contribution in [3.63, 3.8) is 0 Å². The number of aromatic amines is 1. The molecular weight excluding hydrogens is 352 g/mol. The number of nitrogens with zero attached hydrogens (tertiary/aromatic N) is 3. The third kappa shape index (κ3) is 2.37. The highest BCUT2D eigenvalue weighted by atomic mass is 16.3. The molecule has 0 bridgehead atoms. The number of aromatic nitrogens is 3. The van der Waals surface area contributed by atoms with Gasteiger partial charge in [-0.3, -0.25) is 4.79 Å². The second-order valence-electron chi connectivity index (χ2n) is 7.80. The van der Waals surface area contributed by atoms with Crippen LogP contribution in [-0.4, -0.2) is 43.7 Å². The Morgan fingerprint density at radius 3 is 2.93 bits per heavy atom. The van der Waals surface area contributed by atoms with Crippen molar-refractivity contribution in [3.8, 4) is 17.0 Å². The van der Waals surface area contributed by atoms with E-state index in [0.29, 0.717) is 17.2 Å². The molecule has 3 heterocycles. The number of para-hydroxylation sites is 1. The summed E-state index contributed by atoms with van der Waals surface area (Å²) in [5.74, 6) is 1.06. The van der Waals surface area contributed by atoms with Crippen LogP contribution in [0.5, 0.6) is 5.75 Å². The number of phenolic OH excluding ortho intramolecular Hbond substituents is 1. The summed E-state index contributed by atoms with van der Waals surface area (Å²) in [6.45, 7) is 6.56. The molecule has 1 saturated carbocycles. The van der Waals surface area contributed by atoms with Crippen molar-refractivity contribution in [2.45, 2.75) is 31.7 Å². The molecule has 2 aromatic heterocycles. The van der Waals surface area contributed by atoms with E-state index in [1.807, 2.05) is 23.1 Å². The van der Waals surface area contributed by atoms with Crippen LogP contribution in [-0.2, 0) is 4.79 Å². The van der Waals surface area contributed by atoms with E-state index in [9.17, 15) is 9.90 Å². The van der Waals surface area contributed by atoms with Crippen molar-refractivity contribution in [1.82, 2.24) is 20.1 Å². The first kappa shape index (κ1) is 17.0. The Kier molecular flexibility index (Phi) is 3.75. The zero-order valence-electron chi connectivity index (χ0n) is 15.7. The van der Waals surface area contributed by atoms with Gasteiger partial charge in [0.25, 0.3) is 0 Å². The van der Waals surface area contributed by atoms with E-state index >= 15 is 0 Å². The molecule has 5 rings (SSSR count). The number of aryl methyl sites for hydroxylation is 1. The van der Waals surface area contributed by atoms with Gasteiger partial charge in [-0.1, -0.05) is 18.7 Å². The summed E-state index contributed by atoms with van der Waals surface area (Å²) < 4.78 is 0. The minimum atomic E-state index is 0.0172. The summed E-state index contributed by atoms with van der Waals surface area (Å²) in [6, 6.07) is 9.36. The van der Waals surface area contributed by atoms with Crippen LogP contribution in [0.1, 0.15) is 30.0 Å². The topological polar surface area (TPSA) is 82.1 Å². The zero-order valence-corrected chi connectivity index (χ0v) is 15.7. The molecule has 0 spiro atoms. The summed E-state index contributed by atoms with van der Waals surface area (Å²) in [6.07, 6.45) is 3.61. The van der Waals surface area contributed by atoms with Crippen LogP contribution < -0.4 is 0 Å². The Balaban J connectivity index is 1.55. The van der Waals surface area contributed by atoms with Gasteiger partial charge in [0.2, 0.25) is 5.91 Å². The fourth-order valence-corrected chi connectivity index (χ4v) is 4.97. The maximum absolute atomic E-state index is 12.2. The van der Waals surface area contributed by atoms with Crippen LogP contribution in [0.4, 0.5) is 0 Å². The van der Waals surface area contributed by atoms with E-state index in [1.165, 1.54) is 6.08 Å². The summed E-state index contributed by atoms with van der Waals surface area (Å²) in [5, 5.41) is 19.8. The number of hydrogen-bond donors (Lipinski definition) is 2. The number of phenols is 1. The normalized spacial score (nSPS) is 23.5. The molecule has 3 atom stereocenters. The quantitative estimate of drug-likeness (QED) is 0.687. The Morgan fingerprint density at radius 2 is 2.14 bits per heavy atom.